The number of benzene rings is 2. The Labute approximate surface area is 160 Å². The third-order valence-corrected chi connectivity index (χ3v) is 6.32. The van der Waals surface area contributed by atoms with Crippen LogP contribution in [-0.2, 0) is 14.8 Å². The van der Waals surface area contributed by atoms with E-state index in [0.29, 0.717) is 0 Å². The second-order valence-electron chi connectivity index (χ2n) is 5.56. The van der Waals surface area contributed by atoms with E-state index < -0.39 is 27.6 Å². The number of rotatable bonds is 7. The Morgan fingerprint density at radius 3 is 2.52 bits per heavy atom. The van der Waals surface area contributed by atoms with Gasteiger partial charge in [0.2, 0.25) is 15.9 Å². The monoisotopic (exact) mass is 416 g/mol. The van der Waals surface area contributed by atoms with Crippen molar-refractivity contribution in [2.75, 3.05) is 32.3 Å². The second-order valence-corrected chi connectivity index (χ2v) is 8.73. The predicted molar refractivity (Wildman–Crippen MR) is 99.6 cm³/mol. The number of hydrogen-bond donors (Lipinski definition) is 1. The molecule has 1 amide bonds. The summed E-state index contributed by atoms with van der Waals surface area (Å²) in [4.78, 5) is 12.2. The minimum atomic E-state index is -3.70. The van der Waals surface area contributed by atoms with Crippen molar-refractivity contribution in [3.05, 3.63) is 48.0 Å². The minimum absolute atomic E-state index is 0.000973. The summed E-state index contributed by atoms with van der Waals surface area (Å²) in [5.41, 5.74) is 0.158. The topological polar surface area (TPSA) is 75.7 Å². The molecule has 0 radical (unpaired) electrons. The fourth-order valence-corrected chi connectivity index (χ4v) is 3.76. The Bertz CT molecular complexity index is 950. The van der Waals surface area contributed by atoms with Crippen LogP contribution in [0.5, 0.6) is 5.75 Å². The Morgan fingerprint density at radius 1 is 1.19 bits per heavy atom. The lowest BCUT2D eigenvalue weighted by molar-refractivity contribution is -0.113. The number of carbonyl (C=O) groups is 1. The van der Waals surface area contributed by atoms with Gasteiger partial charge in [0.1, 0.15) is 17.4 Å². The molecule has 2 aromatic carbocycles. The summed E-state index contributed by atoms with van der Waals surface area (Å²) in [5, 5.41) is 2.53. The molecule has 146 valence electrons. The zero-order valence-electron chi connectivity index (χ0n) is 14.8. The highest BCUT2D eigenvalue weighted by atomic mass is 32.2. The number of hydrogen-bond acceptors (Lipinski definition) is 5. The molecule has 0 aliphatic carbocycles. The van der Waals surface area contributed by atoms with Gasteiger partial charge in [-0.05, 0) is 36.4 Å². The average molecular weight is 416 g/mol. The highest BCUT2D eigenvalue weighted by Crippen LogP contribution is 2.29. The van der Waals surface area contributed by atoms with E-state index >= 15 is 0 Å². The molecule has 0 aliphatic heterocycles. The molecule has 2 aromatic rings. The third kappa shape index (κ3) is 5.18. The summed E-state index contributed by atoms with van der Waals surface area (Å²) in [5.74, 6) is -1.70. The van der Waals surface area contributed by atoms with Gasteiger partial charge >= 0.3 is 0 Å². The van der Waals surface area contributed by atoms with Crippen molar-refractivity contribution in [3.8, 4) is 5.75 Å². The molecule has 0 bridgehead atoms. The van der Waals surface area contributed by atoms with Crippen molar-refractivity contribution in [1.29, 1.82) is 0 Å². The highest BCUT2D eigenvalue weighted by Gasteiger charge is 2.20. The van der Waals surface area contributed by atoms with E-state index in [-0.39, 0.29) is 27.0 Å². The summed E-state index contributed by atoms with van der Waals surface area (Å²) < 4.78 is 57.5. The van der Waals surface area contributed by atoms with Crippen LogP contribution in [0.3, 0.4) is 0 Å². The molecule has 10 heteroatoms. The van der Waals surface area contributed by atoms with Crippen LogP contribution in [0.25, 0.3) is 0 Å². The van der Waals surface area contributed by atoms with Crippen molar-refractivity contribution in [2.24, 2.45) is 0 Å². The molecule has 6 nitrogen and oxygen atoms in total. The van der Waals surface area contributed by atoms with Crippen LogP contribution in [0, 0.1) is 11.6 Å². The largest absolute Gasteiger partial charge is 0.495 e. The van der Waals surface area contributed by atoms with Gasteiger partial charge in [0.25, 0.3) is 0 Å². The Morgan fingerprint density at radius 2 is 1.89 bits per heavy atom. The Hall–Kier alpha value is -2.17. The van der Waals surface area contributed by atoms with Crippen LogP contribution in [0.1, 0.15) is 0 Å². The van der Waals surface area contributed by atoms with E-state index in [1.165, 1.54) is 39.4 Å². The first-order chi connectivity index (χ1) is 12.6. The smallest absolute Gasteiger partial charge is 0.242 e. The molecule has 27 heavy (non-hydrogen) atoms. The van der Waals surface area contributed by atoms with Gasteiger partial charge in [-0.15, -0.1) is 11.8 Å². The van der Waals surface area contributed by atoms with E-state index in [9.17, 15) is 22.0 Å². The lowest BCUT2D eigenvalue weighted by Gasteiger charge is -2.15. The van der Waals surface area contributed by atoms with Crippen molar-refractivity contribution in [2.45, 2.75) is 9.79 Å². The molecule has 0 aliphatic rings. The minimum Gasteiger partial charge on any atom is -0.495 e. The number of ether oxygens (including phenoxy) is 1. The van der Waals surface area contributed by atoms with Gasteiger partial charge in [-0.25, -0.2) is 21.5 Å². The van der Waals surface area contributed by atoms with Crippen LogP contribution in [-0.4, -0.2) is 45.6 Å². The van der Waals surface area contributed by atoms with Crippen LogP contribution in [0.2, 0.25) is 0 Å². The van der Waals surface area contributed by atoms with Gasteiger partial charge in [-0.2, -0.15) is 0 Å². The Kier molecular flexibility index (Phi) is 6.79. The predicted octanol–water partition coefficient (Wildman–Crippen LogP) is 2.95. The van der Waals surface area contributed by atoms with Gasteiger partial charge in [0.05, 0.1) is 23.4 Å². The van der Waals surface area contributed by atoms with Crippen molar-refractivity contribution >= 4 is 33.4 Å². The van der Waals surface area contributed by atoms with E-state index in [4.69, 9.17) is 4.74 Å². The molecular formula is C17H18F2N2O4S2. The normalized spacial score (nSPS) is 11.5. The summed E-state index contributed by atoms with van der Waals surface area (Å²) in [6.07, 6.45) is 0. The maximum absolute atomic E-state index is 13.6. The van der Waals surface area contributed by atoms with Crippen molar-refractivity contribution in [3.63, 3.8) is 0 Å². The average Bonchev–Trinajstić information content (AvgIpc) is 2.62. The SMILES string of the molecule is COc1ccc(S(=O)(=O)N(C)C)cc1NC(=O)CSc1cc(F)ccc1F. The van der Waals surface area contributed by atoms with Crippen molar-refractivity contribution < 1.29 is 26.7 Å². The molecule has 0 unspecified atom stereocenters. The lowest BCUT2D eigenvalue weighted by atomic mass is 10.3. The first-order valence-corrected chi connectivity index (χ1v) is 10.1. The van der Waals surface area contributed by atoms with E-state index in [1.54, 1.807) is 0 Å². The number of amides is 1. The van der Waals surface area contributed by atoms with Crippen LogP contribution < -0.4 is 10.1 Å². The molecular weight excluding hydrogens is 398 g/mol. The Balaban J connectivity index is 2.17. The highest BCUT2D eigenvalue weighted by molar-refractivity contribution is 8.00. The molecule has 2 rings (SSSR count). The quantitative estimate of drug-likeness (QED) is 0.703. The van der Waals surface area contributed by atoms with Gasteiger partial charge in [0, 0.05) is 19.0 Å². The molecule has 0 aromatic heterocycles. The zero-order chi connectivity index (χ0) is 20.2. The maximum Gasteiger partial charge on any atom is 0.242 e. The number of nitrogens with one attached hydrogen (secondary N) is 1. The molecule has 0 saturated heterocycles. The van der Waals surface area contributed by atoms with Crippen molar-refractivity contribution in [1.82, 2.24) is 4.31 Å². The van der Waals surface area contributed by atoms with Gasteiger partial charge in [-0.3, -0.25) is 4.79 Å². The summed E-state index contributed by atoms with van der Waals surface area (Å²) >= 11 is 0.822. The first-order valence-electron chi connectivity index (χ1n) is 7.63. The molecule has 0 heterocycles. The molecule has 0 fully saturated rings. The maximum atomic E-state index is 13.6. The number of carbonyl (C=O) groups excluding carboxylic acids is 1. The molecule has 0 atom stereocenters. The van der Waals surface area contributed by atoms with E-state index in [0.717, 1.165) is 34.3 Å². The fraction of sp³-hybridized carbons (Fsp3) is 0.235. The molecule has 0 spiro atoms. The van der Waals surface area contributed by atoms with Crippen LogP contribution in [0.15, 0.2) is 46.2 Å². The number of methoxy groups -OCH3 is 1. The number of anilines is 1. The summed E-state index contributed by atoms with van der Waals surface area (Å²) in [6, 6.07) is 7.03. The lowest BCUT2D eigenvalue weighted by Crippen LogP contribution is -2.22. The van der Waals surface area contributed by atoms with Crippen LogP contribution in [0.4, 0.5) is 14.5 Å². The summed E-state index contributed by atoms with van der Waals surface area (Å²) in [7, 11) is 0.463. The van der Waals surface area contributed by atoms with Gasteiger partial charge < -0.3 is 10.1 Å². The first kappa shape index (κ1) is 21.1. The number of nitrogens with zero attached hydrogens (tertiary/aromatic N) is 1. The van der Waals surface area contributed by atoms with Gasteiger partial charge in [-0.1, -0.05) is 0 Å². The van der Waals surface area contributed by atoms with E-state index in [2.05, 4.69) is 5.32 Å². The number of halogens is 2. The fourth-order valence-electron chi connectivity index (χ4n) is 2.07. The second kappa shape index (κ2) is 8.68. The van der Waals surface area contributed by atoms with E-state index in [1.807, 2.05) is 0 Å². The summed E-state index contributed by atoms with van der Waals surface area (Å²) in [6.45, 7) is 0. The number of sulfonamides is 1. The van der Waals surface area contributed by atoms with Gasteiger partial charge in [0.15, 0.2) is 0 Å². The molecule has 1 N–H and O–H groups in total. The number of thioether (sulfide) groups is 1. The molecule has 0 saturated carbocycles. The third-order valence-electron chi connectivity index (χ3n) is 3.48. The standard InChI is InChI=1S/C17H18F2N2O4S2/c1-21(2)27(23,24)12-5-7-15(25-3)14(9-12)20-17(22)10-26-16-8-11(18)4-6-13(16)19/h4-9H,10H2,1-3H3,(H,20,22). The van der Waals surface area contributed by atoms with Crippen LogP contribution >= 0.6 is 11.8 Å². The zero-order valence-corrected chi connectivity index (χ0v) is 16.5.